The van der Waals surface area contributed by atoms with Gasteiger partial charge in [0.05, 0.1) is 6.20 Å². The van der Waals surface area contributed by atoms with Gasteiger partial charge in [0.15, 0.2) is 5.82 Å². The van der Waals surface area contributed by atoms with Crippen molar-refractivity contribution < 1.29 is 4.39 Å². The van der Waals surface area contributed by atoms with E-state index in [9.17, 15) is 4.39 Å². The van der Waals surface area contributed by atoms with Crippen molar-refractivity contribution in [2.45, 2.75) is 32.7 Å². The molecule has 5 nitrogen and oxygen atoms in total. The van der Waals surface area contributed by atoms with Crippen LogP contribution in [0, 0.1) is 5.82 Å². The molecule has 0 saturated carbocycles. The summed E-state index contributed by atoms with van der Waals surface area (Å²) in [5, 5.41) is 14.2. The highest BCUT2D eigenvalue weighted by atomic mass is 19.1. The van der Waals surface area contributed by atoms with Crippen molar-refractivity contribution >= 4 is 11.8 Å². The zero-order valence-corrected chi connectivity index (χ0v) is 12.3. The molecule has 1 unspecified atom stereocenters. The van der Waals surface area contributed by atoms with Gasteiger partial charge in [0.2, 0.25) is 5.95 Å². The van der Waals surface area contributed by atoms with Gasteiger partial charge in [-0.05, 0) is 37.5 Å². The van der Waals surface area contributed by atoms with Gasteiger partial charge in [-0.2, -0.15) is 10.1 Å². The summed E-state index contributed by atoms with van der Waals surface area (Å²) in [6.07, 6.45) is 3.39. The number of anilines is 2. The van der Waals surface area contributed by atoms with E-state index in [1.54, 1.807) is 18.3 Å². The molecule has 0 radical (unpaired) electrons. The first-order valence-corrected chi connectivity index (χ1v) is 7.12. The number of rotatable bonds is 7. The van der Waals surface area contributed by atoms with Crippen LogP contribution in [0.15, 0.2) is 30.5 Å². The summed E-state index contributed by atoms with van der Waals surface area (Å²) in [5.41, 5.74) is 1.06. The predicted molar refractivity (Wildman–Crippen MR) is 81.8 cm³/mol. The van der Waals surface area contributed by atoms with Crippen molar-refractivity contribution in [1.82, 2.24) is 15.2 Å². The van der Waals surface area contributed by atoms with Crippen LogP contribution in [0.2, 0.25) is 0 Å². The molecule has 112 valence electrons. The van der Waals surface area contributed by atoms with Gasteiger partial charge in [0.25, 0.3) is 0 Å². The van der Waals surface area contributed by atoms with E-state index >= 15 is 0 Å². The molecule has 0 aliphatic heterocycles. The minimum atomic E-state index is -0.219. The van der Waals surface area contributed by atoms with Crippen LogP contribution < -0.4 is 10.6 Å². The first kappa shape index (κ1) is 15.2. The topological polar surface area (TPSA) is 62.7 Å². The van der Waals surface area contributed by atoms with Gasteiger partial charge in [-0.3, -0.25) is 0 Å². The molecule has 21 heavy (non-hydrogen) atoms. The number of nitrogens with one attached hydrogen (secondary N) is 2. The minimum absolute atomic E-state index is 0.219. The lowest BCUT2D eigenvalue weighted by Crippen LogP contribution is -2.16. The van der Waals surface area contributed by atoms with Gasteiger partial charge in [0, 0.05) is 12.6 Å². The lowest BCUT2D eigenvalue weighted by molar-refractivity contribution is 0.627. The van der Waals surface area contributed by atoms with Gasteiger partial charge >= 0.3 is 0 Å². The van der Waals surface area contributed by atoms with Crippen LogP contribution >= 0.6 is 0 Å². The number of nitrogens with zero attached hydrogens (tertiary/aromatic N) is 3. The van der Waals surface area contributed by atoms with Crippen molar-refractivity contribution in [2.24, 2.45) is 0 Å². The average molecular weight is 289 g/mol. The molecule has 2 rings (SSSR count). The molecule has 1 aromatic carbocycles. The number of hydrogen-bond donors (Lipinski definition) is 2. The highest BCUT2D eigenvalue weighted by molar-refractivity contribution is 5.37. The Labute approximate surface area is 124 Å². The Hall–Kier alpha value is -2.24. The number of hydrogen-bond acceptors (Lipinski definition) is 5. The standard InChI is InChI=1S/C15H20FN5/c1-3-11(2)19-14-10-18-21-15(20-14)17-9-8-12-4-6-13(16)7-5-12/h4-7,10-11H,3,8-9H2,1-2H3,(H2,17,19,20,21). The van der Waals surface area contributed by atoms with Crippen LogP contribution in [0.5, 0.6) is 0 Å². The maximum atomic E-state index is 12.8. The summed E-state index contributed by atoms with van der Waals surface area (Å²) in [7, 11) is 0. The first-order valence-electron chi connectivity index (χ1n) is 7.12. The van der Waals surface area contributed by atoms with E-state index < -0.39 is 0 Å². The molecule has 6 heteroatoms. The van der Waals surface area contributed by atoms with E-state index in [0.29, 0.717) is 24.4 Å². The fraction of sp³-hybridized carbons (Fsp3) is 0.400. The molecule has 0 fully saturated rings. The molecule has 1 aromatic heterocycles. The lowest BCUT2D eigenvalue weighted by atomic mass is 10.1. The second-order valence-electron chi connectivity index (χ2n) is 4.92. The Kier molecular flexibility index (Phi) is 5.43. The number of halogens is 1. The molecule has 0 aliphatic rings. The highest BCUT2D eigenvalue weighted by Crippen LogP contribution is 2.07. The third-order valence-corrected chi connectivity index (χ3v) is 3.18. The van der Waals surface area contributed by atoms with Gasteiger partial charge in [-0.1, -0.05) is 19.1 Å². The van der Waals surface area contributed by atoms with Gasteiger partial charge < -0.3 is 10.6 Å². The fourth-order valence-corrected chi connectivity index (χ4v) is 1.77. The molecular weight excluding hydrogens is 269 g/mol. The van der Waals surface area contributed by atoms with Crippen LogP contribution in [0.4, 0.5) is 16.2 Å². The van der Waals surface area contributed by atoms with E-state index in [0.717, 1.165) is 18.4 Å². The quantitative estimate of drug-likeness (QED) is 0.820. The Morgan fingerprint density at radius 3 is 2.71 bits per heavy atom. The summed E-state index contributed by atoms with van der Waals surface area (Å²) in [4.78, 5) is 4.35. The largest absolute Gasteiger partial charge is 0.366 e. The Morgan fingerprint density at radius 1 is 1.24 bits per heavy atom. The summed E-state index contributed by atoms with van der Waals surface area (Å²) >= 11 is 0. The molecule has 2 N–H and O–H groups in total. The Balaban J connectivity index is 1.85. The third kappa shape index (κ3) is 4.98. The van der Waals surface area contributed by atoms with Crippen LogP contribution in [-0.4, -0.2) is 27.8 Å². The molecule has 0 bridgehead atoms. The summed E-state index contributed by atoms with van der Waals surface area (Å²) < 4.78 is 12.8. The Morgan fingerprint density at radius 2 is 2.00 bits per heavy atom. The molecule has 2 aromatic rings. The second-order valence-corrected chi connectivity index (χ2v) is 4.92. The van der Waals surface area contributed by atoms with E-state index in [4.69, 9.17) is 0 Å². The van der Waals surface area contributed by atoms with Crippen molar-refractivity contribution in [2.75, 3.05) is 17.2 Å². The average Bonchev–Trinajstić information content (AvgIpc) is 2.49. The molecule has 1 atom stereocenters. The van der Waals surface area contributed by atoms with Crippen molar-refractivity contribution in [3.8, 4) is 0 Å². The summed E-state index contributed by atoms with van der Waals surface area (Å²) in [5.74, 6) is 0.983. The van der Waals surface area contributed by atoms with Crippen LogP contribution in [-0.2, 0) is 6.42 Å². The monoisotopic (exact) mass is 289 g/mol. The van der Waals surface area contributed by atoms with Crippen molar-refractivity contribution in [3.05, 3.63) is 41.8 Å². The number of aromatic nitrogens is 3. The smallest absolute Gasteiger partial charge is 0.244 e. The SMILES string of the molecule is CCC(C)Nc1cnnc(NCCc2ccc(F)cc2)n1. The normalized spacial score (nSPS) is 12.0. The lowest BCUT2D eigenvalue weighted by Gasteiger charge is -2.12. The zero-order valence-electron chi connectivity index (χ0n) is 12.3. The van der Waals surface area contributed by atoms with Crippen molar-refractivity contribution in [1.29, 1.82) is 0 Å². The van der Waals surface area contributed by atoms with E-state index in [1.807, 2.05) is 0 Å². The maximum absolute atomic E-state index is 12.8. The van der Waals surface area contributed by atoms with Crippen molar-refractivity contribution in [3.63, 3.8) is 0 Å². The molecule has 0 saturated heterocycles. The highest BCUT2D eigenvalue weighted by Gasteiger charge is 2.03. The van der Waals surface area contributed by atoms with E-state index in [-0.39, 0.29) is 5.82 Å². The molecule has 0 spiro atoms. The van der Waals surface area contributed by atoms with E-state index in [1.165, 1.54) is 12.1 Å². The molecule has 1 heterocycles. The van der Waals surface area contributed by atoms with Gasteiger partial charge in [-0.15, -0.1) is 5.10 Å². The van der Waals surface area contributed by atoms with Gasteiger partial charge in [-0.25, -0.2) is 4.39 Å². The van der Waals surface area contributed by atoms with E-state index in [2.05, 4.69) is 39.7 Å². The maximum Gasteiger partial charge on any atom is 0.244 e. The zero-order chi connectivity index (χ0) is 15.1. The van der Waals surface area contributed by atoms with Gasteiger partial charge in [0.1, 0.15) is 5.82 Å². The number of benzene rings is 1. The fourth-order valence-electron chi connectivity index (χ4n) is 1.77. The third-order valence-electron chi connectivity index (χ3n) is 3.18. The van der Waals surface area contributed by atoms with Crippen LogP contribution in [0.3, 0.4) is 0 Å². The first-order chi connectivity index (χ1) is 10.2. The Bertz CT molecular complexity index is 558. The van der Waals surface area contributed by atoms with Crippen LogP contribution in [0.1, 0.15) is 25.8 Å². The molecular formula is C15H20FN5. The second kappa shape index (κ2) is 7.52. The summed E-state index contributed by atoms with van der Waals surface area (Å²) in [6, 6.07) is 6.82. The van der Waals surface area contributed by atoms with Crippen LogP contribution in [0.25, 0.3) is 0 Å². The molecule has 0 aliphatic carbocycles. The molecule has 0 amide bonds. The minimum Gasteiger partial charge on any atom is -0.366 e. The summed E-state index contributed by atoms with van der Waals surface area (Å²) in [6.45, 7) is 4.86. The predicted octanol–water partition coefficient (Wildman–Crippen LogP) is 2.88.